The van der Waals surface area contributed by atoms with E-state index in [0.717, 1.165) is 24.2 Å². The van der Waals surface area contributed by atoms with Crippen molar-refractivity contribution in [3.63, 3.8) is 0 Å². The molecule has 1 amide bonds. The number of thiophene rings is 1. The first-order chi connectivity index (χ1) is 15.0. The second kappa shape index (κ2) is 10.4. The van der Waals surface area contributed by atoms with Crippen LogP contribution in [-0.4, -0.2) is 36.2 Å². The van der Waals surface area contributed by atoms with Gasteiger partial charge in [0.05, 0.1) is 25.0 Å². The van der Waals surface area contributed by atoms with Crippen molar-refractivity contribution < 1.29 is 29.0 Å². The maximum absolute atomic E-state index is 12.9. The van der Waals surface area contributed by atoms with Crippen LogP contribution in [0.5, 0.6) is 5.75 Å². The van der Waals surface area contributed by atoms with E-state index in [-0.39, 0.29) is 18.1 Å². The van der Waals surface area contributed by atoms with Crippen LogP contribution in [-0.2, 0) is 14.3 Å². The minimum atomic E-state index is -0.952. The first-order valence-corrected chi connectivity index (χ1v) is 11.4. The van der Waals surface area contributed by atoms with Crippen molar-refractivity contribution in [2.24, 2.45) is 11.8 Å². The van der Waals surface area contributed by atoms with Crippen LogP contribution < -0.4 is 10.1 Å². The summed E-state index contributed by atoms with van der Waals surface area (Å²) in [6, 6.07) is 7.35. The molecular formula is C23H27NO6S. The lowest BCUT2D eigenvalue weighted by Gasteiger charge is -2.27. The minimum absolute atomic E-state index is 0.203. The molecule has 2 N–H and O–H groups in total. The van der Waals surface area contributed by atoms with E-state index in [2.05, 4.69) is 5.32 Å². The van der Waals surface area contributed by atoms with Crippen LogP contribution in [0.1, 0.15) is 49.9 Å². The Morgan fingerprint density at radius 1 is 1.06 bits per heavy atom. The molecule has 166 valence electrons. The molecule has 1 aliphatic carbocycles. The van der Waals surface area contributed by atoms with E-state index in [1.54, 1.807) is 12.3 Å². The topological polar surface area (TPSA) is 102 Å². The van der Waals surface area contributed by atoms with Crippen LogP contribution in [0.25, 0.3) is 11.1 Å². The van der Waals surface area contributed by atoms with E-state index < -0.39 is 23.8 Å². The summed E-state index contributed by atoms with van der Waals surface area (Å²) in [5, 5.41) is 14.5. The highest BCUT2D eigenvalue weighted by atomic mass is 32.1. The van der Waals surface area contributed by atoms with Gasteiger partial charge in [0, 0.05) is 10.9 Å². The Hall–Kier alpha value is -2.87. The van der Waals surface area contributed by atoms with Crippen molar-refractivity contribution in [2.45, 2.75) is 39.5 Å². The molecular weight excluding hydrogens is 418 g/mol. The molecule has 1 fully saturated rings. The van der Waals surface area contributed by atoms with Crippen LogP contribution >= 0.6 is 11.3 Å². The zero-order valence-corrected chi connectivity index (χ0v) is 18.5. The van der Waals surface area contributed by atoms with Gasteiger partial charge in [-0.05, 0) is 44.4 Å². The van der Waals surface area contributed by atoms with Crippen molar-refractivity contribution in [3.8, 4) is 16.9 Å². The summed E-state index contributed by atoms with van der Waals surface area (Å²) in [4.78, 5) is 37.3. The third-order valence-corrected chi connectivity index (χ3v) is 6.30. The van der Waals surface area contributed by atoms with E-state index in [4.69, 9.17) is 9.47 Å². The normalized spacial score (nSPS) is 18.3. The van der Waals surface area contributed by atoms with Crippen LogP contribution in [0.2, 0.25) is 0 Å². The highest BCUT2D eigenvalue weighted by Crippen LogP contribution is 2.38. The Kier molecular flexibility index (Phi) is 7.68. The lowest BCUT2D eigenvalue weighted by molar-refractivity contribution is -0.147. The number of carbonyl (C=O) groups is 3. The van der Waals surface area contributed by atoms with Crippen molar-refractivity contribution in [3.05, 3.63) is 35.2 Å². The number of anilines is 1. The molecule has 2 atom stereocenters. The summed E-state index contributed by atoms with van der Waals surface area (Å²) in [6.07, 6.45) is 2.62. The highest BCUT2D eigenvalue weighted by molar-refractivity contribution is 7.15. The number of carboxylic acids is 1. The number of rotatable bonds is 8. The van der Waals surface area contributed by atoms with Gasteiger partial charge in [0.25, 0.3) is 0 Å². The van der Waals surface area contributed by atoms with Crippen molar-refractivity contribution in [1.29, 1.82) is 0 Å². The number of benzene rings is 1. The van der Waals surface area contributed by atoms with E-state index in [0.29, 0.717) is 30.0 Å². The molecule has 1 aliphatic rings. The number of nitrogens with one attached hydrogen (secondary N) is 1. The quantitative estimate of drug-likeness (QED) is 0.565. The Labute approximate surface area is 185 Å². The number of ether oxygens (including phenoxy) is 2. The largest absolute Gasteiger partial charge is 0.494 e. The molecule has 1 heterocycles. The first-order valence-electron chi connectivity index (χ1n) is 10.5. The standard InChI is InChI=1S/C23H27NO6S/c1-3-29-15-11-9-14(10-12-15)18-13-31-21(19(18)23(28)30-4-2)24-20(25)16-7-5-6-8-17(16)22(26)27/h9-13,16-17H,3-8H2,1-2H3,(H,24,25)(H,26,27)/t16-,17-/m1/s1. The second-order valence-corrected chi connectivity index (χ2v) is 8.24. The predicted molar refractivity (Wildman–Crippen MR) is 119 cm³/mol. The average molecular weight is 446 g/mol. The zero-order chi connectivity index (χ0) is 22.4. The van der Waals surface area contributed by atoms with Gasteiger partial charge in [0.1, 0.15) is 16.3 Å². The van der Waals surface area contributed by atoms with Gasteiger partial charge in [0.15, 0.2) is 0 Å². The van der Waals surface area contributed by atoms with Crippen LogP contribution in [0, 0.1) is 11.8 Å². The van der Waals surface area contributed by atoms with Gasteiger partial charge in [-0.1, -0.05) is 25.0 Å². The molecule has 1 aromatic carbocycles. The van der Waals surface area contributed by atoms with Crippen molar-refractivity contribution in [2.75, 3.05) is 18.5 Å². The van der Waals surface area contributed by atoms with Gasteiger partial charge in [-0.25, -0.2) is 4.79 Å². The van der Waals surface area contributed by atoms with E-state index in [9.17, 15) is 19.5 Å². The van der Waals surface area contributed by atoms with Gasteiger partial charge in [-0.3, -0.25) is 9.59 Å². The Bertz CT molecular complexity index is 936. The Morgan fingerprint density at radius 2 is 1.74 bits per heavy atom. The summed E-state index contributed by atoms with van der Waals surface area (Å²) in [7, 11) is 0. The molecule has 0 aliphatic heterocycles. The average Bonchev–Trinajstić information content (AvgIpc) is 3.18. The number of esters is 1. The molecule has 3 rings (SSSR count). The summed E-state index contributed by atoms with van der Waals surface area (Å²) in [5.74, 6) is -2.43. The Morgan fingerprint density at radius 3 is 2.35 bits per heavy atom. The molecule has 1 saturated carbocycles. The molecule has 0 radical (unpaired) electrons. The fraction of sp³-hybridized carbons (Fsp3) is 0.435. The fourth-order valence-corrected chi connectivity index (χ4v) is 4.87. The summed E-state index contributed by atoms with van der Waals surface area (Å²) in [5.41, 5.74) is 1.73. The number of hydrogen-bond donors (Lipinski definition) is 2. The van der Waals surface area contributed by atoms with Gasteiger partial charge < -0.3 is 19.9 Å². The van der Waals surface area contributed by atoms with Crippen molar-refractivity contribution in [1.82, 2.24) is 0 Å². The highest BCUT2D eigenvalue weighted by Gasteiger charge is 2.36. The number of carboxylic acid groups (broad SMARTS) is 1. The van der Waals surface area contributed by atoms with Crippen molar-refractivity contribution >= 4 is 34.2 Å². The molecule has 1 aromatic heterocycles. The molecule has 0 saturated heterocycles. The summed E-state index contributed by atoms with van der Waals surface area (Å²) < 4.78 is 10.7. The maximum atomic E-state index is 12.9. The van der Waals surface area contributed by atoms with E-state index in [1.807, 2.05) is 31.2 Å². The second-order valence-electron chi connectivity index (χ2n) is 7.36. The number of carbonyl (C=O) groups excluding carboxylic acids is 2. The number of aliphatic carboxylic acids is 1. The first kappa shape index (κ1) is 22.8. The monoisotopic (exact) mass is 445 g/mol. The van der Waals surface area contributed by atoms with Crippen LogP contribution in [0.3, 0.4) is 0 Å². The summed E-state index contributed by atoms with van der Waals surface area (Å²) >= 11 is 1.23. The fourth-order valence-electron chi connectivity index (χ4n) is 3.91. The molecule has 0 unspecified atom stereocenters. The SMILES string of the molecule is CCOC(=O)c1c(-c2ccc(OCC)cc2)csc1NC(=O)[C@@H]1CCCC[C@H]1C(=O)O. The minimum Gasteiger partial charge on any atom is -0.494 e. The third kappa shape index (κ3) is 5.25. The molecule has 7 nitrogen and oxygen atoms in total. The third-order valence-electron chi connectivity index (χ3n) is 5.40. The van der Waals surface area contributed by atoms with Gasteiger partial charge in [-0.2, -0.15) is 0 Å². The molecule has 31 heavy (non-hydrogen) atoms. The molecule has 8 heteroatoms. The Balaban J connectivity index is 1.90. The van der Waals surface area contributed by atoms with Gasteiger partial charge >= 0.3 is 11.9 Å². The maximum Gasteiger partial charge on any atom is 0.341 e. The molecule has 0 bridgehead atoms. The van der Waals surface area contributed by atoms with Crippen LogP contribution in [0.15, 0.2) is 29.6 Å². The van der Waals surface area contributed by atoms with E-state index in [1.165, 1.54) is 11.3 Å². The lowest BCUT2D eigenvalue weighted by Crippen LogP contribution is -2.36. The van der Waals surface area contributed by atoms with Crippen LogP contribution in [0.4, 0.5) is 5.00 Å². The van der Waals surface area contributed by atoms with Gasteiger partial charge in [0.2, 0.25) is 5.91 Å². The lowest BCUT2D eigenvalue weighted by atomic mass is 9.79. The van der Waals surface area contributed by atoms with Gasteiger partial charge in [-0.15, -0.1) is 11.3 Å². The smallest absolute Gasteiger partial charge is 0.341 e. The predicted octanol–water partition coefficient (Wildman–Crippen LogP) is 4.82. The number of hydrogen-bond acceptors (Lipinski definition) is 6. The molecule has 2 aromatic rings. The summed E-state index contributed by atoms with van der Waals surface area (Å²) in [6.45, 7) is 4.38. The zero-order valence-electron chi connectivity index (χ0n) is 17.7. The van der Waals surface area contributed by atoms with E-state index >= 15 is 0 Å². The molecule has 0 spiro atoms. The number of amides is 1.